The fraction of sp³-hybridized carbons (Fsp3) is 0.263. The molecule has 1 aromatic heterocycles. The summed E-state index contributed by atoms with van der Waals surface area (Å²) in [6.07, 6.45) is 2.29. The molecule has 22 heavy (non-hydrogen) atoms. The van der Waals surface area contributed by atoms with Crippen molar-refractivity contribution in [1.82, 2.24) is 9.88 Å². The third-order valence-corrected chi connectivity index (χ3v) is 5.42. The molecule has 0 spiro atoms. The Hall–Kier alpha value is -1.77. The molecule has 2 aromatic carbocycles. The number of aryl methyl sites for hydroxylation is 2. The molecule has 0 bridgehead atoms. The van der Waals surface area contributed by atoms with Crippen molar-refractivity contribution in [2.45, 2.75) is 25.9 Å². The highest BCUT2D eigenvalue weighted by Gasteiger charge is 2.25. The van der Waals surface area contributed by atoms with Gasteiger partial charge in [0.1, 0.15) is 0 Å². The standard InChI is InChI=1S/C19H17ClN2/c20-17-4-2-1-3-14(17)13-9-12-6-8-22-18-5-7-21-11-16(18)15(10-13)19(12)22/h1-4,9-10,21H,5-8,11H2. The average molecular weight is 309 g/mol. The lowest BCUT2D eigenvalue weighted by Gasteiger charge is -2.16. The van der Waals surface area contributed by atoms with Crippen LogP contribution in [0.15, 0.2) is 36.4 Å². The summed E-state index contributed by atoms with van der Waals surface area (Å²) >= 11 is 6.42. The van der Waals surface area contributed by atoms with Crippen LogP contribution in [0.4, 0.5) is 0 Å². The van der Waals surface area contributed by atoms with Crippen molar-refractivity contribution in [3.05, 3.63) is 58.2 Å². The fourth-order valence-corrected chi connectivity index (χ4v) is 4.37. The maximum absolute atomic E-state index is 6.42. The fourth-order valence-electron chi connectivity index (χ4n) is 4.12. The molecule has 0 saturated carbocycles. The number of nitrogens with one attached hydrogen (secondary N) is 1. The SMILES string of the molecule is Clc1ccccc1-c1cc2c3c(c1)c1c(n3CC2)CCNC1. The summed E-state index contributed by atoms with van der Waals surface area (Å²) in [5.74, 6) is 0. The quantitative estimate of drug-likeness (QED) is 0.714. The van der Waals surface area contributed by atoms with Gasteiger partial charge in [0.05, 0.1) is 5.52 Å². The van der Waals surface area contributed by atoms with Crippen LogP contribution < -0.4 is 5.32 Å². The van der Waals surface area contributed by atoms with Gasteiger partial charge in [-0.1, -0.05) is 29.8 Å². The summed E-state index contributed by atoms with van der Waals surface area (Å²) in [6, 6.07) is 12.8. The predicted octanol–water partition coefficient (Wildman–Crippen LogP) is 4.16. The van der Waals surface area contributed by atoms with Gasteiger partial charge in [-0.3, -0.25) is 0 Å². The van der Waals surface area contributed by atoms with E-state index >= 15 is 0 Å². The number of fused-ring (bicyclic) bond motifs is 3. The molecule has 3 heterocycles. The predicted molar refractivity (Wildman–Crippen MR) is 91.5 cm³/mol. The molecule has 0 unspecified atom stereocenters. The third kappa shape index (κ3) is 1.65. The van der Waals surface area contributed by atoms with Gasteiger partial charge in [0, 0.05) is 47.7 Å². The summed E-state index contributed by atoms with van der Waals surface area (Å²) in [4.78, 5) is 0. The van der Waals surface area contributed by atoms with Gasteiger partial charge in [0.2, 0.25) is 0 Å². The lowest BCUT2D eigenvalue weighted by molar-refractivity contribution is 0.604. The molecule has 2 nitrogen and oxygen atoms in total. The molecule has 0 aliphatic carbocycles. The topological polar surface area (TPSA) is 17.0 Å². The van der Waals surface area contributed by atoms with Crippen LogP contribution in [0, 0.1) is 0 Å². The van der Waals surface area contributed by atoms with Crippen LogP contribution in [0.2, 0.25) is 5.02 Å². The van der Waals surface area contributed by atoms with Gasteiger partial charge in [0.15, 0.2) is 0 Å². The number of benzene rings is 2. The molecule has 3 aromatic rings. The van der Waals surface area contributed by atoms with Gasteiger partial charge in [-0.2, -0.15) is 0 Å². The van der Waals surface area contributed by atoms with Crippen molar-refractivity contribution >= 4 is 22.5 Å². The molecule has 0 amide bonds. The highest BCUT2D eigenvalue weighted by molar-refractivity contribution is 6.33. The largest absolute Gasteiger partial charge is 0.344 e. The van der Waals surface area contributed by atoms with E-state index in [9.17, 15) is 0 Å². The van der Waals surface area contributed by atoms with Crippen molar-refractivity contribution in [2.75, 3.05) is 6.54 Å². The first kappa shape index (κ1) is 12.7. The molecule has 110 valence electrons. The van der Waals surface area contributed by atoms with Crippen LogP contribution in [0.1, 0.15) is 16.8 Å². The second-order valence-electron chi connectivity index (χ2n) is 6.27. The van der Waals surface area contributed by atoms with Crippen LogP contribution in [0.3, 0.4) is 0 Å². The van der Waals surface area contributed by atoms with Crippen LogP contribution in [-0.4, -0.2) is 11.1 Å². The first-order chi connectivity index (χ1) is 10.8. The number of hydrogen-bond acceptors (Lipinski definition) is 1. The Morgan fingerprint density at radius 3 is 2.91 bits per heavy atom. The number of halogens is 1. The molecule has 2 aliphatic heterocycles. The summed E-state index contributed by atoms with van der Waals surface area (Å²) < 4.78 is 2.55. The van der Waals surface area contributed by atoms with Crippen LogP contribution in [-0.2, 0) is 25.9 Å². The molecule has 5 rings (SSSR count). The van der Waals surface area contributed by atoms with Crippen molar-refractivity contribution < 1.29 is 0 Å². The highest BCUT2D eigenvalue weighted by atomic mass is 35.5. The zero-order valence-corrected chi connectivity index (χ0v) is 13.1. The molecule has 1 N–H and O–H groups in total. The average Bonchev–Trinajstić information content (AvgIpc) is 3.11. The smallest absolute Gasteiger partial charge is 0.0519 e. The Labute approximate surface area is 134 Å². The minimum absolute atomic E-state index is 0.832. The van der Waals surface area contributed by atoms with E-state index in [4.69, 9.17) is 11.6 Å². The van der Waals surface area contributed by atoms with E-state index in [2.05, 4.69) is 34.1 Å². The van der Waals surface area contributed by atoms with E-state index in [-0.39, 0.29) is 0 Å². The van der Waals surface area contributed by atoms with E-state index in [0.717, 1.165) is 43.1 Å². The zero-order valence-electron chi connectivity index (χ0n) is 12.3. The van der Waals surface area contributed by atoms with E-state index in [1.807, 2.05) is 12.1 Å². The Kier molecular flexibility index (Phi) is 2.67. The van der Waals surface area contributed by atoms with Crippen LogP contribution in [0.5, 0.6) is 0 Å². The molecule has 0 saturated heterocycles. The van der Waals surface area contributed by atoms with Gasteiger partial charge in [-0.25, -0.2) is 0 Å². The number of hydrogen-bond donors (Lipinski definition) is 1. The monoisotopic (exact) mass is 308 g/mol. The second kappa shape index (κ2) is 4.61. The molecule has 0 atom stereocenters. The van der Waals surface area contributed by atoms with Gasteiger partial charge in [-0.05, 0) is 41.3 Å². The summed E-state index contributed by atoms with van der Waals surface area (Å²) in [5.41, 5.74) is 8.37. The van der Waals surface area contributed by atoms with Crippen LogP contribution in [0.25, 0.3) is 22.0 Å². The number of rotatable bonds is 1. The summed E-state index contributed by atoms with van der Waals surface area (Å²) in [7, 11) is 0. The summed E-state index contributed by atoms with van der Waals surface area (Å²) in [6.45, 7) is 3.22. The maximum atomic E-state index is 6.42. The maximum Gasteiger partial charge on any atom is 0.0519 e. The molecule has 0 fully saturated rings. The number of nitrogens with zero attached hydrogens (tertiary/aromatic N) is 1. The lowest BCUT2D eigenvalue weighted by Crippen LogP contribution is -2.24. The molecule has 3 heteroatoms. The van der Waals surface area contributed by atoms with Gasteiger partial charge >= 0.3 is 0 Å². The second-order valence-corrected chi connectivity index (χ2v) is 6.67. The Balaban J connectivity index is 1.83. The molecular weight excluding hydrogens is 292 g/mol. The van der Waals surface area contributed by atoms with Crippen molar-refractivity contribution in [3.8, 4) is 11.1 Å². The third-order valence-electron chi connectivity index (χ3n) is 5.09. The van der Waals surface area contributed by atoms with Gasteiger partial charge in [0.25, 0.3) is 0 Å². The van der Waals surface area contributed by atoms with E-state index in [1.54, 1.807) is 5.69 Å². The van der Waals surface area contributed by atoms with E-state index in [1.165, 1.54) is 27.6 Å². The van der Waals surface area contributed by atoms with Gasteiger partial charge in [-0.15, -0.1) is 0 Å². The molecule has 0 radical (unpaired) electrons. The van der Waals surface area contributed by atoms with Gasteiger partial charge < -0.3 is 9.88 Å². The number of aromatic nitrogens is 1. The first-order valence-electron chi connectivity index (χ1n) is 7.95. The lowest BCUT2D eigenvalue weighted by atomic mass is 9.97. The van der Waals surface area contributed by atoms with Crippen molar-refractivity contribution in [2.24, 2.45) is 0 Å². The Bertz CT molecular complexity index is 907. The Morgan fingerprint density at radius 1 is 1.09 bits per heavy atom. The van der Waals surface area contributed by atoms with E-state index < -0.39 is 0 Å². The Morgan fingerprint density at radius 2 is 2.00 bits per heavy atom. The normalized spacial score (nSPS) is 16.2. The summed E-state index contributed by atoms with van der Waals surface area (Å²) in [5, 5.41) is 5.78. The zero-order chi connectivity index (χ0) is 14.7. The first-order valence-corrected chi connectivity index (χ1v) is 8.33. The van der Waals surface area contributed by atoms with Crippen LogP contribution >= 0.6 is 11.6 Å². The van der Waals surface area contributed by atoms with Crippen molar-refractivity contribution in [3.63, 3.8) is 0 Å². The molecular formula is C19H17ClN2. The minimum Gasteiger partial charge on any atom is -0.344 e. The minimum atomic E-state index is 0.832. The van der Waals surface area contributed by atoms with Crippen molar-refractivity contribution in [1.29, 1.82) is 0 Å². The molecule has 2 aliphatic rings. The van der Waals surface area contributed by atoms with E-state index in [0.29, 0.717) is 0 Å². The highest BCUT2D eigenvalue weighted by Crippen LogP contribution is 2.39.